The van der Waals surface area contributed by atoms with Gasteiger partial charge in [0.2, 0.25) is 5.91 Å². The number of rotatable bonds is 6. The van der Waals surface area contributed by atoms with Crippen LogP contribution in [0.4, 0.5) is 5.69 Å². The molecule has 0 aliphatic carbocycles. The third-order valence-electron chi connectivity index (χ3n) is 3.04. The third-order valence-corrected chi connectivity index (χ3v) is 3.04. The lowest BCUT2D eigenvalue weighted by atomic mass is 10.0. The van der Waals surface area contributed by atoms with Gasteiger partial charge in [0.25, 0.3) is 5.69 Å². The first-order valence-electron chi connectivity index (χ1n) is 6.27. The van der Waals surface area contributed by atoms with Crippen molar-refractivity contribution in [1.82, 2.24) is 5.32 Å². The molecule has 0 fully saturated rings. The van der Waals surface area contributed by atoms with E-state index in [2.05, 4.69) is 5.32 Å². The van der Waals surface area contributed by atoms with E-state index in [0.29, 0.717) is 5.56 Å². The topological polar surface area (TPSA) is 110 Å². The average Bonchev–Trinajstić information content (AvgIpc) is 2.44. The van der Waals surface area contributed by atoms with Gasteiger partial charge in [-0.15, -0.1) is 0 Å². The lowest BCUT2D eigenvalue weighted by molar-refractivity contribution is -0.384. The van der Waals surface area contributed by atoms with E-state index in [1.54, 1.807) is 6.92 Å². The summed E-state index contributed by atoms with van der Waals surface area (Å²) in [7, 11) is 0. The highest BCUT2D eigenvalue weighted by Gasteiger charge is 2.19. The number of carboxylic acid groups (broad SMARTS) is 1. The molecule has 1 rings (SSSR count). The number of hydrogen-bond donors (Lipinski definition) is 2. The number of aliphatic carboxylic acids is 1. The van der Waals surface area contributed by atoms with Crippen LogP contribution in [-0.2, 0) is 9.59 Å². The zero-order valence-corrected chi connectivity index (χ0v) is 11.6. The Morgan fingerprint density at radius 1 is 1.29 bits per heavy atom. The molecule has 0 saturated heterocycles. The minimum Gasteiger partial charge on any atom is -0.481 e. The van der Waals surface area contributed by atoms with Gasteiger partial charge in [-0.05, 0) is 37.6 Å². The van der Waals surface area contributed by atoms with Gasteiger partial charge in [0, 0.05) is 24.3 Å². The number of benzene rings is 1. The second-order valence-electron chi connectivity index (χ2n) is 4.61. The summed E-state index contributed by atoms with van der Waals surface area (Å²) in [5, 5.41) is 21.9. The van der Waals surface area contributed by atoms with Crippen molar-refractivity contribution in [2.45, 2.75) is 19.9 Å². The largest absolute Gasteiger partial charge is 0.481 e. The van der Waals surface area contributed by atoms with Crippen LogP contribution in [0.5, 0.6) is 0 Å². The molecule has 21 heavy (non-hydrogen) atoms. The number of hydrogen-bond acceptors (Lipinski definition) is 4. The molecule has 0 aliphatic rings. The molecular formula is C14H16N2O5. The first kappa shape index (κ1) is 16.4. The van der Waals surface area contributed by atoms with Gasteiger partial charge in [-0.2, -0.15) is 0 Å². The van der Waals surface area contributed by atoms with Crippen LogP contribution in [0, 0.1) is 16.0 Å². The molecule has 1 aromatic rings. The van der Waals surface area contributed by atoms with Gasteiger partial charge in [0.1, 0.15) is 0 Å². The molecule has 0 aromatic heterocycles. The molecule has 2 N–H and O–H groups in total. The third kappa shape index (κ3) is 5.06. The second-order valence-corrected chi connectivity index (χ2v) is 4.61. The van der Waals surface area contributed by atoms with Gasteiger partial charge < -0.3 is 10.4 Å². The van der Waals surface area contributed by atoms with E-state index in [1.165, 1.54) is 43.3 Å². The van der Waals surface area contributed by atoms with Gasteiger partial charge in [-0.25, -0.2) is 0 Å². The predicted octanol–water partition coefficient (Wildman–Crippen LogP) is 1.83. The standard InChI is InChI=1S/C14H16N2O5/c1-9(14(18)19)10(2)15-13(17)8-5-11-3-6-12(7-4-11)16(20)21/h3-10H,1-2H3,(H,15,17)(H,18,19)/b8-5+. The van der Waals surface area contributed by atoms with Gasteiger partial charge in [-0.1, -0.05) is 0 Å². The van der Waals surface area contributed by atoms with Crippen molar-refractivity contribution in [3.05, 3.63) is 46.0 Å². The maximum absolute atomic E-state index is 11.6. The van der Waals surface area contributed by atoms with Crippen molar-refractivity contribution in [2.75, 3.05) is 0 Å². The van der Waals surface area contributed by atoms with Crippen LogP contribution in [0.3, 0.4) is 0 Å². The fourth-order valence-corrected chi connectivity index (χ4v) is 1.49. The first-order valence-corrected chi connectivity index (χ1v) is 6.27. The van der Waals surface area contributed by atoms with Crippen molar-refractivity contribution < 1.29 is 19.6 Å². The highest BCUT2D eigenvalue weighted by molar-refractivity contribution is 5.92. The second kappa shape index (κ2) is 7.18. The summed E-state index contributed by atoms with van der Waals surface area (Å²) in [5.41, 5.74) is 0.607. The van der Waals surface area contributed by atoms with E-state index in [4.69, 9.17) is 5.11 Å². The molecule has 7 heteroatoms. The summed E-state index contributed by atoms with van der Waals surface area (Å²) in [6.45, 7) is 3.11. The minimum absolute atomic E-state index is 0.0273. The van der Waals surface area contributed by atoms with E-state index < -0.39 is 28.8 Å². The summed E-state index contributed by atoms with van der Waals surface area (Å²) in [6, 6.07) is 5.21. The normalized spacial score (nSPS) is 13.6. The maximum atomic E-state index is 11.6. The molecule has 112 valence electrons. The number of nitro benzene ring substituents is 1. The Balaban J connectivity index is 2.61. The Kier molecular flexibility index (Phi) is 5.59. The van der Waals surface area contributed by atoms with Crippen LogP contribution in [-0.4, -0.2) is 27.9 Å². The fraction of sp³-hybridized carbons (Fsp3) is 0.286. The van der Waals surface area contributed by atoms with E-state index in [-0.39, 0.29) is 5.69 Å². The summed E-state index contributed by atoms with van der Waals surface area (Å²) in [6.07, 6.45) is 2.75. The Labute approximate surface area is 121 Å². The van der Waals surface area contributed by atoms with Gasteiger partial charge in [-0.3, -0.25) is 19.7 Å². The Bertz CT molecular complexity index is 565. The van der Waals surface area contributed by atoms with Gasteiger partial charge in [0.05, 0.1) is 10.8 Å². The molecule has 7 nitrogen and oxygen atoms in total. The number of nitro groups is 1. The number of carboxylic acids is 1. The van der Waals surface area contributed by atoms with Crippen molar-refractivity contribution >= 4 is 23.6 Å². The van der Waals surface area contributed by atoms with Crippen LogP contribution in [0.1, 0.15) is 19.4 Å². The number of nitrogens with zero attached hydrogens (tertiary/aromatic N) is 1. The molecule has 2 atom stereocenters. The first-order chi connectivity index (χ1) is 9.81. The number of non-ortho nitro benzene ring substituents is 1. The summed E-state index contributed by atoms with van der Waals surface area (Å²) in [4.78, 5) is 32.4. The Morgan fingerprint density at radius 3 is 2.33 bits per heavy atom. The molecule has 0 radical (unpaired) electrons. The van der Waals surface area contributed by atoms with Gasteiger partial charge in [0.15, 0.2) is 0 Å². The quantitative estimate of drug-likeness (QED) is 0.472. The molecule has 0 heterocycles. The van der Waals surface area contributed by atoms with E-state index >= 15 is 0 Å². The molecule has 0 spiro atoms. The van der Waals surface area contributed by atoms with E-state index in [1.807, 2.05) is 0 Å². The molecule has 1 aromatic carbocycles. The van der Waals surface area contributed by atoms with Crippen LogP contribution in [0.2, 0.25) is 0 Å². The molecule has 1 amide bonds. The Morgan fingerprint density at radius 2 is 1.86 bits per heavy atom. The van der Waals surface area contributed by atoms with Crippen LogP contribution >= 0.6 is 0 Å². The SMILES string of the molecule is CC(NC(=O)/C=C/c1ccc([N+](=O)[O-])cc1)C(C)C(=O)O. The molecular weight excluding hydrogens is 276 g/mol. The number of carbonyl (C=O) groups is 2. The van der Waals surface area contributed by atoms with Crippen molar-refractivity contribution in [3.8, 4) is 0 Å². The zero-order valence-electron chi connectivity index (χ0n) is 11.6. The number of carbonyl (C=O) groups excluding carboxylic acids is 1. The van der Waals surface area contributed by atoms with Crippen LogP contribution < -0.4 is 5.32 Å². The predicted molar refractivity (Wildman–Crippen MR) is 76.5 cm³/mol. The lowest BCUT2D eigenvalue weighted by Gasteiger charge is -2.16. The highest BCUT2D eigenvalue weighted by atomic mass is 16.6. The van der Waals surface area contributed by atoms with E-state index in [9.17, 15) is 19.7 Å². The smallest absolute Gasteiger partial charge is 0.308 e. The Hall–Kier alpha value is -2.70. The minimum atomic E-state index is -0.984. The summed E-state index contributed by atoms with van der Waals surface area (Å²) >= 11 is 0. The average molecular weight is 292 g/mol. The maximum Gasteiger partial charge on any atom is 0.308 e. The van der Waals surface area contributed by atoms with Crippen LogP contribution in [0.25, 0.3) is 6.08 Å². The highest BCUT2D eigenvalue weighted by Crippen LogP contribution is 2.12. The zero-order chi connectivity index (χ0) is 16.0. The van der Waals surface area contributed by atoms with Crippen LogP contribution in [0.15, 0.2) is 30.3 Å². The summed E-state index contributed by atoms with van der Waals surface area (Å²) in [5.74, 6) is -2.10. The number of nitrogens with one attached hydrogen (secondary N) is 1. The van der Waals surface area contributed by atoms with E-state index in [0.717, 1.165) is 0 Å². The van der Waals surface area contributed by atoms with Crippen molar-refractivity contribution in [3.63, 3.8) is 0 Å². The molecule has 0 bridgehead atoms. The summed E-state index contributed by atoms with van der Waals surface area (Å²) < 4.78 is 0. The molecule has 2 unspecified atom stereocenters. The van der Waals surface area contributed by atoms with Gasteiger partial charge >= 0.3 is 5.97 Å². The van der Waals surface area contributed by atoms with Crippen molar-refractivity contribution in [2.24, 2.45) is 5.92 Å². The molecule has 0 saturated carbocycles. The fourth-order valence-electron chi connectivity index (χ4n) is 1.49. The van der Waals surface area contributed by atoms with Crippen molar-refractivity contribution in [1.29, 1.82) is 0 Å². The monoisotopic (exact) mass is 292 g/mol. The lowest BCUT2D eigenvalue weighted by Crippen LogP contribution is -2.39. The number of amides is 1. The molecule has 0 aliphatic heterocycles.